The maximum atomic E-state index is 12.2. The number of nitrogens with one attached hydrogen (secondary N) is 2. The highest BCUT2D eigenvalue weighted by Gasteiger charge is 2.08. The van der Waals surface area contributed by atoms with Gasteiger partial charge in [-0.2, -0.15) is 0 Å². The van der Waals surface area contributed by atoms with Gasteiger partial charge in [-0.05, 0) is 48.4 Å². The van der Waals surface area contributed by atoms with Crippen molar-refractivity contribution in [3.8, 4) is 0 Å². The number of anilines is 2. The van der Waals surface area contributed by atoms with Crippen LogP contribution in [0.4, 0.5) is 11.5 Å². The second kappa shape index (κ2) is 8.65. The number of halogens is 2. The zero-order valence-corrected chi connectivity index (χ0v) is 15.3. The van der Waals surface area contributed by atoms with Gasteiger partial charge >= 0.3 is 0 Å². The van der Waals surface area contributed by atoms with Crippen molar-refractivity contribution < 1.29 is 4.79 Å². The lowest BCUT2D eigenvalue weighted by molar-refractivity contribution is 0.102. The summed E-state index contributed by atoms with van der Waals surface area (Å²) in [6.07, 6.45) is 3.81. The van der Waals surface area contributed by atoms with E-state index in [0.717, 1.165) is 11.4 Å². The third kappa shape index (κ3) is 5.18. The molecule has 132 valence electrons. The summed E-state index contributed by atoms with van der Waals surface area (Å²) in [6, 6.07) is 14.6. The average molecular weight is 387 g/mol. The topological polar surface area (TPSA) is 66.9 Å². The molecule has 0 bridgehead atoms. The number of hydrogen-bond donors (Lipinski definition) is 2. The van der Waals surface area contributed by atoms with Crippen molar-refractivity contribution in [2.24, 2.45) is 0 Å². The molecule has 0 spiro atoms. The van der Waals surface area contributed by atoms with Gasteiger partial charge in [-0.1, -0.05) is 35.3 Å². The van der Waals surface area contributed by atoms with Gasteiger partial charge in [-0.25, -0.2) is 9.97 Å². The summed E-state index contributed by atoms with van der Waals surface area (Å²) in [5.74, 6) is 0.287. The molecule has 0 radical (unpaired) electrons. The summed E-state index contributed by atoms with van der Waals surface area (Å²) < 4.78 is 0. The number of aromatic nitrogens is 2. The van der Waals surface area contributed by atoms with Crippen LogP contribution in [0, 0.1) is 0 Å². The molecule has 26 heavy (non-hydrogen) atoms. The fraction of sp³-hybridized carbons (Fsp3) is 0.105. The molecule has 3 rings (SSSR count). The Balaban J connectivity index is 1.51. The van der Waals surface area contributed by atoms with E-state index >= 15 is 0 Å². The Labute approximate surface area is 161 Å². The Kier molecular flexibility index (Phi) is 6.04. The van der Waals surface area contributed by atoms with E-state index in [4.69, 9.17) is 23.2 Å². The monoisotopic (exact) mass is 386 g/mol. The van der Waals surface area contributed by atoms with Crippen molar-refractivity contribution >= 4 is 40.6 Å². The molecule has 1 heterocycles. The Morgan fingerprint density at radius 2 is 1.54 bits per heavy atom. The minimum absolute atomic E-state index is 0.239. The minimum Gasteiger partial charge on any atom is -0.368 e. The third-order valence-electron chi connectivity index (χ3n) is 3.62. The molecule has 0 atom stereocenters. The highest BCUT2D eigenvalue weighted by Crippen LogP contribution is 2.14. The number of hydrogen-bond acceptors (Lipinski definition) is 4. The molecule has 3 aromatic rings. The number of nitrogens with zero attached hydrogens (tertiary/aromatic N) is 2. The van der Waals surface area contributed by atoms with Crippen molar-refractivity contribution in [2.45, 2.75) is 6.42 Å². The first kappa shape index (κ1) is 18.2. The first-order valence-electron chi connectivity index (χ1n) is 7.97. The lowest BCUT2D eigenvalue weighted by atomic mass is 10.1. The van der Waals surface area contributed by atoms with Gasteiger partial charge in [0.05, 0.1) is 12.4 Å². The van der Waals surface area contributed by atoms with Crippen LogP contribution >= 0.6 is 23.2 Å². The van der Waals surface area contributed by atoms with Gasteiger partial charge in [0.2, 0.25) is 0 Å². The van der Waals surface area contributed by atoms with E-state index < -0.39 is 0 Å². The highest BCUT2D eigenvalue weighted by atomic mass is 35.5. The van der Waals surface area contributed by atoms with Crippen LogP contribution in [0.25, 0.3) is 0 Å². The van der Waals surface area contributed by atoms with E-state index in [1.807, 2.05) is 24.3 Å². The molecule has 1 amide bonds. The zero-order valence-electron chi connectivity index (χ0n) is 13.7. The predicted octanol–water partition coefficient (Wildman–Crippen LogP) is 4.69. The van der Waals surface area contributed by atoms with Gasteiger partial charge in [-0.15, -0.1) is 0 Å². The van der Waals surface area contributed by atoms with Crippen LogP contribution in [0.5, 0.6) is 0 Å². The quantitative estimate of drug-likeness (QED) is 0.644. The van der Waals surface area contributed by atoms with Crippen LogP contribution in [0.15, 0.2) is 60.9 Å². The lowest BCUT2D eigenvalue weighted by Gasteiger charge is -2.07. The maximum absolute atomic E-state index is 12.2. The molecule has 0 aliphatic rings. The van der Waals surface area contributed by atoms with E-state index in [0.29, 0.717) is 23.1 Å². The van der Waals surface area contributed by atoms with Gasteiger partial charge in [-0.3, -0.25) is 4.79 Å². The van der Waals surface area contributed by atoms with E-state index in [-0.39, 0.29) is 11.6 Å². The predicted molar refractivity (Wildman–Crippen MR) is 105 cm³/mol. The van der Waals surface area contributed by atoms with Crippen LogP contribution in [-0.2, 0) is 6.42 Å². The van der Waals surface area contributed by atoms with E-state index in [9.17, 15) is 4.79 Å². The Morgan fingerprint density at radius 1 is 0.885 bits per heavy atom. The first-order valence-corrected chi connectivity index (χ1v) is 8.73. The summed E-state index contributed by atoms with van der Waals surface area (Å²) in [6.45, 7) is 0.701. The molecule has 5 nitrogen and oxygen atoms in total. The van der Waals surface area contributed by atoms with Crippen molar-refractivity contribution in [3.63, 3.8) is 0 Å². The van der Waals surface area contributed by atoms with Crippen LogP contribution in [-0.4, -0.2) is 22.4 Å². The van der Waals surface area contributed by atoms with E-state index in [2.05, 4.69) is 20.6 Å². The summed E-state index contributed by atoms with van der Waals surface area (Å²) >= 11 is 11.7. The van der Waals surface area contributed by atoms with Crippen LogP contribution < -0.4 is 10.6 Å². The van der Waals surface area contributed by atoms with Crippen LogP contribution in [0.3, 0.4) is 0 Å². The van der Waals surface area contributed by atoms with Gasteiger partial charge in [0.1, 0.15) is 11.5 Å². The second-order valence-corrected chi connectivity index (χ2v) is 6.42. The van der Waals surface area contributed by atoms with Gasteiger partial charge in [0.15, 0.2) is 0 Å². The Bertz CT molecular complexity index is 866. The first-order chi connectivity index (χ1) is 12.6. The zero-order chi connectivity index (χ0) is 18.4. The maximum Gasteiger partial charge on any atom is 0.275 e. The van der Waals surface area contributed by atoms with Crippen LogP contribution in [0.2, 0.25) is 10.0 Å². The SMILES string of the molecule is O=C(Nc1ccc(Cl)cc1)c1cnc(NCCc2ccc(Cl)cc2)cn1. The molecule has 0 saturated heterocycles. The van der Waals surface area contributed by atoms with E-state index in [1.54, 1.807) is 30.5 Å². The minimum atomic E-state index is -0.326. The summed E-state index contributed by atoms with van der Waals surface area (Å²) in [4.78, 5) is 20.5. The lowest BCUT2D eigenvalue weighted by Crippen LogP contribution is -2.14. The fourth-order valence-electron chi connectivity index (χ4n) is 2.25. The Morgan fingerprint density at radius 3 is 2.15 bits per heavy atom. The third-order valence-corrected chi connectivity index (χ3v) is 4.12. The highest BCUT2D eigenvalue weighted by molar-refractivity contribution is 6.30. The van der Waals surface area contributed by atoms with Crippen LogP contribution in [0.1, 0.15) is 16.1 Å². The van der Waals surface area contributed by atoms with Crippen molar-refractivity contribution in [3.05, 3.63) is 82.2 Å². The van der Waals surface area contributed by atoms with Crippen molar-refractivity contribution in [1.82, 2.24) is 9.97 Å². The average Bonchev–Trinajstić information content (AvgIpc) is 2.66. The summed E-state index contributed by atoms with van der Waals surface area (Å²) in [7, 11) is 0. The molecule has 0 unspecified atom stereocenters. The van der Waals surface area contributed by atoms with E-state index in [1.165, 1.54) is 11.8 Å². The fourth-order valence-corrected chi connectivity index (χ4v) is 2.50. The number of carbonyl (C=O) groups is 1. The molecule has 2 aromatic carbocycles. The number of benzene rings is 2. The number of carbonyl (C=O) groups excluding carboxylic acids is 1. The van der Waals surface area contributed by atoms with Crippen molar-refractivity contribution in [1.29, 1.82) is 0 Å². The number of amides is 1. The number of rotatable bonds is 6. The largest absolute Gasteiger partial charge is 0.368 e. The molecule has 1 aromatic heterocycles. The normalized spacial score (nSPS) is 10.4. The van der Waals surface area contributed by atoms with Crippen molar-refractivity contribution in [2.75, 3.05) is 17.2 Å². The van der Waals surface area contributed by atoms with Gasteiger partial charge in [0, 0.05) is 22.3 Å². The summed E-state index contributed by atoms with van der Waals surface area (Å²) in [5, 5.41) is 7.25. The standard InChI is InChI=1S/C19H16Cl2N4O/c20-14-3-1-13(2-4-14)9-10-22-18-12-23-17(11-24-18)19(26)25-16-7-5-15(21)6-8-16/h1-8,11-12H,9-10H2,(H,22,24)(H,25,26). The second-order valence-electron chi connectivity index (χ2n) is 5.55. The molecule has 0 aliphatic heterocycles. The molecule has 2 N–H and O–H groups in total. The molecule has 0 fully saturated rings. The molecular weight excluding hydrogens is 371 g/mol. The molecule has 0 aliphatic carbocycles. The van der Waals surface area contributed by atoms with Gasteiger partial charge in [0.25, 0.3) is 5.91 Å². The smallest absolute Gasteiger partial charge is 0.275 e. The Hall–Kier alpha value is -2.63. The molecule has 7 heteroatoms. The van der Waals surface area contributed by atoms with Gasteiger partial charge < -0.3 is 10.6 Å². The molecular formula is C19H16Cl2N4O. The summed E-state index contributed by atoms with van der Waals surface area (Å²) in [5.41, 5.74) is 2.06. The molecule has 0 saturated carbocycles.